The number of hydrogen-bond donors (Lipinski definition) is 1. The van der Waals surface area contributed by atoms with Gasteiger partial charge in [-0.15, -0.1) is 5.10 Å². The number of nitrogens with two attached hydrogens (primary N) is 1. The molecule has 0 radical (unpaired) electrons. The number of ether oxygens (including phenoxy) is 2. The molecule has 13 heteroatoms. The number of hydrogen-bond acceptors (Lipinski definition) is 9. The summed E-state index contributed by atoms with van der Waals surface area (Å²) in [5, 5.41) is 21.0. The quantitative estimate of drug-likeness (QED) is 0.352. The van der Waals surface area contributed by atoms with Crippen LogP contribution in [0.2, 0.25) is 0 Å². The van der Waals surface area contributed by atoms with E-state index in [9.17, 15) is 0 Å². The third kappa shape index (κ3) is 4.25. The van der Waals surface area contributed by atoms with Gasteiger partial charge in [-0.1, -0.05) is 12.1 Å². The summed E-state index contributed by atoms with van der Waals surface area (Å²) in [7, 11) is 0. The largest absolute Gasteiger partial charge is 0.383 e. The molecule has 39 heavy (non-hydrogen) atoms. The van der Waals surface area contributed by atoms with Gasteiger partial charge in [0.1, 0.15) is 11.5 Å². The number of nitrogens with zero attached hydrogens (tertiary/aromatic N) is 9. The predicted molar refractivity (Wildman–Crippen MR) is 138 cm³/mol. The topological polar surface area (TPSA) is 137 Å². The Morgan fingerprint density at radius 3 is 2.31 bits per heavy atom. The van der Waals surface area contributed by atoms with Crippen LogP contribution < -0.4 is 5.73 Å². The van der Waals surface area contributed by atoms with E-state index in [2.05, 4.69) is 30.7 Å². The highest BCUT2D eigenvalue weighted by atomic mass is 19.1. The second kappa shape index (κ2) is 9.67. The number of pyridine rings is 1. The van der Waals surface area contributed by atoms with E-state index in [1.54, 1.807) is 36.8 Å². The summed E-state index contributed by atoms with van der Waals surface area (Å²) >= 11 is 0. The number of benzene rings is 1. The second-order valence-electron chi connectivity index (χ2n) is 9.66. The van der Waals surface area contributed by atoms with Crippen molar-refractivity contribution in [3.05, 3.63) is 61.1 Å². The molecule has 2 aliphatic heterocycles. The Morgan fingerprint density at radius 1 is 0.872 bits per heavy atom. The zero-order chi connectivity index (χ0) is 26.3. The van der Waals surface area contributed by atoms with Gasteiger partial charge in [-0.25, -0.2) is 9.37 Å². The summed E-state index contributed by atoms with van der Waals surface area (Å²) < 4.78 is 32.0. The SMILES string of the molecule is Nc1ncc(-c2cnn([C@@H]3CCOC3)c2)cc1-c1nnnn1-c1cccc(-c2cnn([C@@H]3CCOC3)c2)c1F. The van der Waals surface area contributed by atoms with Gasteiger partial charge in [0.05, 0.1) is 43.3 Å². The zero-order valence-corrected chi connectivity index (χ0v) is 20.9. The fourth-order valence-corrected chi connectivity index (χ4v) is 5.06. The van der Waals surface area contributed by atoms with Gasteiger partial charge in [-0.05, 0) is 35.4 Å². The Kier molecular flexibility index (Phi) is 5.86. The molecular weight excluding hydrogens is 503 g/mol. The van der Waals surface area contributed by atoms with Crippen molar-refractivity contribution in [3.63, 3.8) is 0 Å². The van der Waals surface area contributed by atoms with E-state index in [1.807, 2.05) is 27.8 Å². The first-order valence-corrected chi connectivity index (χ1v) is 12.7. The van der Waals surface area contributed by atoms with Gasteiger partial charge in [-0.2, -0.15) is 14.9 Å². The van der Waals surface area contributed by atoms with E-state index in [4.69, 9.17) is 15.2 Å². The molecule has 2 saturated heterocycles. The first-order chi connectivity index (χ1) is 19.2. The summed E-state index contributed by atoms with van der Waals surface area (Å²) in [5.41, 5.74) is 9.63. The van der Waals surface area contributed by atoms with E-state index in [1.165, 1.54) is 4.68 Å². The molecule has 0 amide bonds. The Balaban J connectivity index is 1.23. The van der Waals surface area contributed by atoms with Crippen LogP contribution in [0.25, 0.3) is 39.3 Å². The molecule has 198 valence electrons. The molecule has 4 aromatic heterocycles. The van der Waals surface area contributed by atoms with Crippen LogP contribution in [-0.2, 0) is 9.47 Å². The average molecular weight is 529 g/mol. The van der Waals surface area contributed by atoms with Crippen LogP contribution in [0.3, 0.4) is 0 Å². The van der Waals surface area contributed by atoms with Gasteiger partial charge in [-0.3, -0.25) is 9.36 Å². The number of tetrazole rings is 1. The first-order valence-electron chi connectivity index (χ1n) is 12.7. The van der Waals surface area contributed by atoms with E-state index in [-0.39, 0.29) is 29.4 Å². The van der Waals surface area contributed by atoms with Crippen molar-refractivity contribution in [2.45, 2.75) is 24.9 Å². The molecule has 5 aromatic rings. The van der Waals surface area contributed by atoms with E-state index >= 15 is 4.39 Å². The number of nitrogen functional groups attached to an aromatic ring is 1. The van der Waals surface area contributed by atoms with E-state index < -0.39 is 5.82 Å². The highest BCUT2D eigenvalue weighted by Crippen LogP contribution is 2.33. The minimum Gasteiger partial charge on any atom is -0.383 e. The fraction of sp³-hybridized carbons (Fsp3) is 0.308. The molecule has 6 heterocycles. The maximum atomic E-state index is 16.0. The molecule has 2 N–H and O–H groups in total. The molecule has 0 aliphatic carbocycles. The van der Waals surface area contributed by atoms with Crippen molar-refractivity contribution in [1.29, 1.82) is 0 Å². The molecule has 2 aliphatic rings. The van der Waals surface area contributed by atoms with Crippen molar-refractivity contribution in [2.75, 3.05) is 32.2 Å². The summed E-state index contributed by atoms with van der Waals surface area (Å²) in [6, 6.07) is 7.29. The third-order valence-electron chi connectivity index (χ3n) is 7.24. The first kappa shape index (κ1) is 23.6. The van der Waals surface area contributed by atoms with E-state index in [0.29, 0.717) is 36.5 Å². The highest BCUT2D eigenvalue weighted by Gasteiger charge is 2.23. The lowest BCUT2D eigenvalue weighted by Crippen LogP contribution is -2.08. The number of anilines is 1. The number of aromatic nitrogens is 9. The van der Waals surface area contributed by atoms with Gasteiger partial charge in [0, 0.05) is 54.1 Å². The lowest BCUT2D eigenvalue weighted by molar-refractivity contribution is 0.184. The van der Waals surface area contributed by atoms with Crippen molar-refractivity contribution in [2.24, 2.45) is 0 Å². The Morgan fingerprint density at radius 2 is 1.59 bits per heavy atom. The van der Waals surface area contributed by atoms with Crippen LogP contribution in [0.15, 0.2) is 55.2 Å². The van der Waals surface area contributed by atoms with Gasteiger partial charge >= 0.3 is 0 Å². The molecule has 0 bridgehead atoms. The Bertz CT molecular complexity index is 1610. The maximum Gasteiger partial charge on any atom is 0.190 e. The minimum atomic E-state index is -0.476. The lowest BCUT2D eigenvalue weighted by atomic mass is 10.1. The highest BCUT2D eigenvalue weighted by molar-refractivity contribution is 5.76. The summed E-state index contributed by atoms with van der Waals surface area (Å²) in [6.07, 6.45) is 10.7. The minimum absolute atomic E-state index is 0.150. The summed E-state index contributed by atoms with van der Waals surface area (Å²) in [5.74, 6) is 0.0207. The monoisotopic (exact) mass is 528 g/mol. The van der Waals surface area contributed by atoms with Crippen molar-refractivity contribution < 1.29 is 13.9 Å². The van der Waals surface area contributed by atoms with Gasteiger partial charge in [0.15, 0.2) is 11.6 Å². The van der Waals surface area contributed by atoms with Gasteiger partial charge in [0.25, 0.3) is 0 Å². The molecule has 0 spiro atoms. The van der Waals surface area contributed by atoms with Crippen LogP contribution in [0.1, 0.15) is 24.9 Å². The average Bonchev–Trinajstić information content (AvgIpc) is 3.79. The van der Waals surface area contributed by atoms with Crippen molar-refractivity contribution >= 4 is 5.82 Å². The number of rotatable bonds is 6. The maximum absolute atomic E-state index is 16.0. The zero-order valence-electron chi connectivity index (χ0n) is 20.9. The van der Waals surface area contributed by atoms with Crippen LogP contribution in [0.4, 0.5) is 10.2 Å². The molecular formula is C26H25FN10O2. The number of halogens is 1. The normalized spacial score (nSPS) is 19.2. The molecule has 2 fully saturated rings. The summed E-state index contributed by atoms with van der Waals surface area (Å²) in [6.45, 7) is 2.66. The Labute approximate surface area is 222 Å². The third-order valence-corrected chi connectivity index (χ3v) is 7.24. The van der Waals surface area contributed by atoms with Crippen LogP contribution in [0.5, 0.6) is 0 Å². The smallest absolute Gasteiger partial charge is 0.190 e. The van der Waals surface area contributed by atoms with Crippen LogP contribution in [0, 0.1) is 5.82 Å². The molecule has 7 rings (SSSR count). The molecule has 0 unspecified atom stereocenters. The van der Waals surface area contributed by atoms with Crippen molar-refractivity contribution in [3.8, 4) is 39.3 Å². The van der Waals surface area contributed by atoms with E-state index in [0.717, 1.165) is 30.6 Å². The van der Waals surface area contributed by atoms with Crippen molar-refractivity contribution in [1.82, 2.24) is 44.8 Å². The molecule has 1 aromatic carbocycles. The van der Waals surface area contributed by atoms with Crippen LogP contribution in [-0.4, -0.2) is 71.2 Å². The second-order valence-corrected chi connectivity index (χ2v) is 9.66. The Hall–Kier alpha value is -4.49. The fourth-order valence-electron chi connectivity index (χ4n) is 5.06. The van der Waals surface area contributed by atoms with Gasteiger partial charge < -0.3 is 15.2 Å². The van der Waals surface area contributed by atoms with Gasteiger partial charge in [0.2, 0.25) is 0 Å². The molecule has 12 nitrogen and oxygen atoms in total. The standard InChI is InChI=1S/C26H25FN10O2/c27-24-21(18-11-31-36(13-18)20-5-7-39-15-20)2-1-3-23(24)37-26(32-33-34-37)22-8-16(9-29-25(22)28)17-10-30-35(12-17)19-4-6-38-14-19/h1-3,8-13,19-20H,4-7,14-15H2,(H2,28,29)/t19-,20-/m1/s1. The lowest BCUT2D eigenvalue weighted by Gasteiger charge is -2.11. The summed E-state index contributed by atoms with van der Waals surface area (Å²) in [4.78, 5) is 4.37. The molecule has 2 atom stereocenters. The molecule has 0 saturated carbocycles. The van der Waals surface area contributed by atoms with Crippen LogP contribution >= 0.6 is 0 Å². The predicted octanol–water partition coefficient (Wildman–Crippen LogP) is 3.10.